The van der Waals surface area contributed by atoms with E-state index in [0.29, 0.717) is 5.56 Å². The zero-order valence-corrected chi connectivity index (χ0v) is 8.32. The van der Waals surface area contributed by atoms with Crippen LogP contribution in [0.3, 0.4) is 0 Å². The number of phenolic OH excluding ortho intramolecular Hbond substituents is 2. The summed E-state index contributed by atoms with van der Waals surface area (Å²) in [6.45, 7) is 1.97. The lowest BCUT2D eigenvalue weighted by atomic mass is 9.94. The van der Waals surface area contributed by atoms with E-state index >= 15 is 0 Å². The van der Waals surface area contributed by atoms with Gasteiger partial charge in [0.1, 0.15) is 5.60 Å². The number of hydrogen-bond donors (Lipinski definition) is 3. The van der Waals surface area contributed by atoms with Crippen molar-refractivity contribution in [3.8, 4) is 11.5 Å². The lowest BCUT2D eigenvalue weighted by Gasteiger charge is -2.27. The molecule has 0 radical (unpaired) electrons. The van der Waals surface area contributed by atoms with Gasteiger partial charge in [-0.15, -0.1) is 0 Å². The fourth-order valence-electron chi connectivity index (χ4n) is 1.26. The van der Waals surface area contributed by atoms with E-state index in [9.17, 15) is 10.2 Å². The zero-order chi connectivity index (χ0) is 10.8. The van der Waals surface area contributed by atoms with E-state index in [2.05, 4.69) is 0 Å². The van der Waals surface area contributed by atoms with Crippen LogP contribution >= 0.6 is 0 Å². The molecular formula is C10H15NO3. The van der Waals surface area contributed by atoms with Crippen molar-refractivity contribution in [2.24, 2.45) is 5.73 Å². The van der Waals surface area contributed by atoms with Gasteiger partial charge < -0.3 is 20.7 Å². The Bertz CT molecular complexity index is 321. The summed E-state index contributed by atoms with van der Waals surface area (Å²) in [6, 6.07) is 4.72. The summed E-state index contributed by atoms with van der Waals surface area (Å²) < 4.78 is 5.21. The fourth-order valence-corrected chi connectivity index (χ4v) is 1.26. The molecule has 0 saturated heterocycles. The number of hydrogen-bond acceptors (Lipinski definition) is 4. The van der Waals surface area contributed by atoms with Gasteiger partial charge in [0.25, 0.3) is 0 Å². The quantitative estimate of drug-likeness (QED) is 0.630. The van der Waals surface area contributed by atoms with Gasteiger partial charge in [0, 0.05) is 19.2 Å². The number of phenols is 2. The highest BCUT2D eigenvalue weighted by molar-refractivity contribution is 5.47. The number of para-hydroxylation sites is 1. The highest BCUT2D eigenvalue weighted by atomic mass is 16.5. The Morgan fingerprint density at radius 2 is 2.07 bits per heavy atom. The van der Waals surface area contributed by atoms with Gasteiger partial charge in [-0.1, -0.05) is 12.1 Å². The Kier molecular flexibility index (Phi) is 2.98. The van der Waals surface area contributed by atoms with Crippen LogP contribution in [0.5, 0.6) is 11.5 Å². The van der Waals surface area contributed by atoms with Crippen LogP contribution in [0.2, 0.25) is 0 Å². The Hall–Kier alpha value is -1.26. The maximum absolute atomic E-state index is 9.61. The molecule has 0 saturated carbocycles. The third kappa shape index (κ3) is 1.66. The van der Waals surface area contributed by atoms with Crippen LogP contribution in [0.25, 0.3) is 0 Å². The molecule has 1 rings (SSSR count). The molecule has 0 aliphatic rings. The van der Waals surface area contributed by atoms with Crippen molar-refractivity contribution in [2.75, 3.05) is 13.7 Å². The van der Waals surface area contributed by atoms with Crippen molar-refractivity contribution in [1.82, 2.24) is 0 Å². The minimum Gasteiger partial charge on any atom is -0.504 e. The van der Waals surface area contributed by atoms with Gasteiger partial charge in [-0.05, 0) is 13.0 Å². The maximum Gasteiger partial charge on any atom is 0.163 e. The Labute approximate surface area is 82.9 Å². The molecular weight excluding hydrogens is 182 g/mol. The standard InChI is InChI=1S/C10H15NO3/c1-10(6-11,14-2)7-4-3-5-8(12)9(7)13/h3-5,12-13H,6,11H2,1-2H3. The monoisotopic (exact) mass is 197 g/mol. The minimum absolute atomic E-state index is 0.167. The van der Waals surface area contributed by atoms with E-state index in [1.807, 2.05) is 0 Å². The molecule has 4 N–H and O–H groups in total. The van der Waals surface area contributed by atoms with Crippen LogP contribution in [-0.2, 0) is 10.3 Å². The molecule has 0 amide bonds. The fraction of sp³-hybridized carbons (Fsp3) is 0.400. The molecule has 4 nitrogen and oxygen atoms in total. The van der Waals surface area contributed by atoms with Gasteiger partial charge >= 0.3 is 0 Å². The highest BCUT2D eigenvalue weighted by Gasteiger charge is 2.28. The second kappa shape index (κ2) is 3.86. The Morgan fingerprint density at radius 3 is 2.57 bits per heavy atom. The molecule has 0 spiro atoms. The number of rotatable bonds is 3. The predicted octanol–water partition coefficient (Wildman–Crippen LogP) is 0.918. The third-order valence-electron chi connectivity index (χ3n) is 2.42. The average Bonchev–Trinajstić information content (AvgIpc) is 2.21. The second-order valence-electron chi connectivity index (χ2n) is 3.31. The predicted molar refractivity (Wildman–Crippen MR) is 53.2 cm³/mol. The first-order chi connectivity index (χ1) is 6.55. The number of aromatic hydroxyl groups is 2. The Morgan fingerprint density at radius 1 is 1.43 bits per heavy atom. The van der Waals surface area contributed by atoms with E-state index in [-0.39, 0.29) is 18.0 Å². The van der Waals surface area contributed by atoms with Crippen molar-refractivity contribution >= 4 is 0 Å². The molecule has 0 aromatic heterocycles. The summed E-state index contributed by atoms with van der Waals surface area (Å²) in [7, 11) is 1.51. The largest absolute Gasteiger partial charge is 0.504 e. The van der Waals surface area contributed by atoms with E-state index < -0.39 is 5.60 Å². The molecule has 0 bridgehead atoms. The van der Waals surface area contributed by atoms with Gasteiger partial charge in [-0.3, -0.25) is 0 Å². The average molecular weight is 197 g/mol. The van der Waals surface area contributed by atoms with Crippen LogP contribution in [-0.4, -0.2) is 23.9 Å². The smallest absolute Gasteiger partial charge is 0.163 e. The molecule has 0 fully saturated rings. The van der Waals surface area contributed by atoms with Crippen LogP contribution in [0.4, 0.5) is 0 Å². The molecule has 14 heavy (non-hydrogen) atoms. The summed E-state index contributed by atoms with van der Waals surface area (Å²) in [5, 5.41) is 18.9. The van der Waals surface area contributed by atoms with Gasteiger partial charge in [-0.2, -0.15) is 0 Å². The first-order valence-electron chi connectivity index (χ1n) is 4.32. The Balaban J connectivity index is 3.24. The van der Waals surface area contributed by atoms with Gasteiger partial charge in [0.15, 0.2) is 11.5 Å². The summed E-state index contributed by atoms with van der Waals surface area (Å²) in [5.41, 5.74) is 5.26. The summed E-state index contributed by atoms with van der Waals surface area (Å²) in [6.07, 6.45) is 0. The van der Waals surface area contributed by atoms with E-state index in [1.165, 1.54) is 13.2 Å². The molecule has 0 aliphatic carbocycles. The first-order valence-corrected chi connectivity index (χ1v) is 4.32. The van der Waals surface area contributed by atoms with Crippen molar-refractivity contribution in [3.63, 3.8) is 0 Å². The van der Waals surface area contributed by atoms with Gasteiger partial charge in [0.2, 0.25) is 0 Å². The molecule has 1 atom stereocenters. The molecule has 4 heteroatoms. The van der Waals surface area contributed by atoms with E-state index in [4.69, 9.17) is 10.5 Å². The topological polar surface area (TPSA) is 75.7 Å². The summed E-state index contributed by atoms with van der Waals surface area (Å²) in [4.78, 5) is 0. The number of nitrogens with two attached hydrogens (primary N) is 1. The van der Waals surface area contributed by atoms with Crippen molar-refractivity contribution in [3.05, 3.63) is 23.8 Å². The summed E-state index contributed by atoms with van der Waals surface area (Å²) in [5.74, 6) is -0.346. The van der Waals surface area contributed by atoms with Gasteiger partial charge in [0.05, 0.1) is 0 Å². The highest BCUT2D eigenvalue weighted by Crippen LogP contribution is 2.36. The SMILES string of the molecule is COC(C)(CN)c1cccc(O)c1O. The van der Waals surface area contributed by atoms with Crippen molar-refractivity contribution in [1.29, 1.82) is 0 Å². The zero-order valence-electron chi connectivity index (χ0n) is 8.32. The first kappa shape index (κ1) is 10.8. The van der Waals surface area contributed by atoms with Gasteiger partial charge in [-0.25, -0.2) is 0 Å². The maximum atomic E-state index is 9.61. The number of methoxy groups -OCH3 is 1. The molecule has 1 aromatic carbocycles. The van der Waals surface area contributed by atoms with Crippen LogP contribution in [0.15, 0.2) is 18.2 Å². The number of benzene rings is 1. The normalized spacial score (nSPS) is 15.1. The van der Waals surface area contributed by atoms with E-state index in [0.717, 1.165) is 0 Å². The molecule has 78 valence electrons. The molecule has 1 unspecified atom stereocenters. The lowest BCUT2D eigenvalue weighted by molar-refractivity contribution is 0.00801. The molecule has 0 heterocycles. The minimum atomic E-state index is -0.775. The molecule has 0 aliphatic heterocycles. The van der Waals surface area contributed by atoms with Crippen LogP contribution in [0, 0.1) is 0 Å². The summed E-state index contributed by atoms with van der Waals surface area (Å²) >= 11 is 0. The second-order valence-corrected chi connectivity index (χ2v) is 3.31. The lowest BCUT2D eigenvalue weighted by Crippen LogP contribution is -2.33. The third-order valence-corrected chi connectivity index (χ3v) is 2.42. The van der Waals surface area contributed by atoms with Crippen molar-refractivity contribution in [2.45, 2.75) is 12.5 Å². The molecule has 1 aromatic rings. The van der Waals surface area contributed by atoms with Crippen molar-refractivity contribution < 1.29 is 14.9 Å². The van der Waals surface area contributed by atoms with Crippen LogP contribution in [0.1, 0.15) is 12.5 Å². The van der Waals surface area contributed by atoms with Crippen LogP contribution < -0.4 is 5.73 Å². The number of ether oxygens (including phenoxy) is 1. The van der Waals surface area contributed by atoms with E-state index in [1.54, 1.807) is 19.1 Å².